The topological polar surface area (TPSA) is 145 Å². The highest BCUT2D eigenvalue weighted by molar-refractivity contribution is 5.92. The minimum Gasteiger partial charge on any atom is -0.441 e. The molecule has 1 aromatic carbocycles. The molecular weight excluding hydrogens is 379 g/mol. The number of halogens is 1. The van der Waals surface area contributed by atoms with Gasteiger partial charge in [0.1, 0.15) is 29.1 Å². The summed E-state index contributed by atoms with van der Waals surface area (Å²) in [6.45, 7) is 1.87. The molecule has 0 aliphatic carbocycles. The number of nitrogens with zero attached hydrogens (tertiary/aromatic N) is 2. The smallest absolute Gasteiger partial charge is 0.267 e. The molecule has 1 aliphatic heterocycles. The number of anilines is 1. The van der Waals surface area contributed by atoms with E-state index >= 15 is 0 Å². The number of carbonyl (C=O) groups excluding carboxylic acids is 2. The van der Waals surface area contributed by atoms with Gasteiger partial charge in [-0.05, 0) is 43.3 Å². The van der Waals surface area contributed by atoms with E-state index in [9.17, 15) is 14.0 Å². The predicted octanol–water partition coefficient (Wildman–Crippen LogP) is 0.907. The normalized spacial score (nSPS) is 14.1. The minimum absolute atomic E-state index is 0.00703. The van der Waals surface area contributed by atoms with E-state index in [1.54, 1.807) is 19.1 Å². The third kappa shape index (κ3) is 5.06. The number of carbonyl (C=O) groups is 2. The van der Waals surface area contributed by atoms with E-state index < -0.39 is 17.9 Å². The molecule has 1 aromatic heterocycles. The quantitative estimate of drug-likeness (QED) is 0.542. The zero-order valence-electron chi connectivity index (χ0n) is 15.5. The molecule has 6 N–H and O–H groups in total. The Morgan fingerprint density at radius 1 is 1.21 bits per heavy atom. The average molecular weight is 398 g/mol. The average Bonchev–Trinajstić information content (AvgIpc) is 2.70. The second kappa shape index (κ2) is 8.38. The zero-order valence-corrected chi connectivity index (χ0v) is 15.5. The van der Waals surface area contributed by atoms with Gasteiger partial charge < -0.3 is 26.8 Å². The fraction of sp³-hybridized carbons (Fsp3) is 0.158. The van der Waals surface area contributed by atoms with Crippen LogP contribution in [0, 0.1) is 5.82 Å². The zero-order chi connectivity index (χ0) is 21.0. The highest BCUT2D eigenvalue weighted by atomic mass is 19.1. The van der Waals surface area contributed by atoms with Crippen LogP contribution in [0.5, 0.6) is 5.75 Å². The molecule has 0 saturated heterocycles. The van der Waals surface area contributed by atoms with Crippen molar-refractivity contribution < 1.29 is 18.7 Å². The third-order valence-corrected chi connectivity index (χ3v) is 3.99. The molecule has 0 unspecified atom stereocenters. The minimum atomic E-state index is -0.733. The molecule has 10 heteroatoms. The Kier molecular flexibility index (Phi) is 5.72. The van der Waals surface area contributed by atoms with Crippen LogP contribution in [0.1, 0.15) is 23.2 Å². The van der Waals surface area contributed by atoms with Gasteiger partial charge in [-0.2, -0.15) is 0 Å². The molecule has 0 radical (unpaired) electrons. The molecule has 3 rings (SSSR count). The van der Waals surface area contributed by atoms with Crippen molar-refractivity contribution in [3.05, 3.63) is 65.7 Å². The van der Waals surface area contributed by atoms with Crippen molar-refractivity contribution in [1.82, 2.24) is 15.3 Å². The predicted molar refractivity (Wildman–Crippen MR) is 104 cm³/mol. The summed E-state index contributed by atoms with van der Waals surface area (Å²) in [5, 5.41) is 5.85. The van der Waals surface area contributed by atoms with Crippen molar-refractivity contribution >= 4 is 23.2 Å². The Bertz CT molecular complexity index is 1000. The summed E-state index contributed by atoms with van der Waals surface area (Å²) >= 11 is 0. The van der Waals surface area contributed by atoms with Gasteiger partial charge in [-0.3, -0.25) is 9.59 Å². The van der Waals surface area contributed by atoms with Gasteiger partial charge in [-0.25, -0.2) is 14.4 Å². The lowest BCUT2D eigenvalue weighted by atomic mass is 10.1. The van der Waals surface area contributed by atoms with Crippen LogP contribution in [-0.2, 0) is 4.79 Å². The number of dihydropyridines is 1. The molecule has 1 aliphatic rings. The summed E-state index contributed by atoms with van der Waals surface area (Å²) in [6, 6.07) is 6.26. The standard InChI is InChI=1S/C19H19FN6O3/c1-10(17(21)27)24-15-8-14(18(22)28)25-19(26-15)11-2-7-16(23-9-11)29-13-5-3-12(20)4-6-13/h2-8,10,23H,9H2,1H3,(H2,21,27)(H2,22,28)(H,24,25,26)/t10-/m0/s1. The summed E-state index contributed by atoms with van der Waals surface area (Å²) in [4.78, 5) is 31.4. The number of nitrogens with two attached hydrogens (primary N) is 2. The monoisotopic (exact) mass is 398 g/mol. The molecule has 0 bridgehead atoms. The van der Waals surface area contributed by atoms with E-state index in [-0.39, 0.29) is 23.2 Å². The molecule has 150 valence electrons. The van der Waals surface area contributed by atoms with Crippen LogP contribution in [0.25, 0.3) is 5.57 Å². The summed E-state index contributed by atoms with van der Waals surface area (Å²) in [5.74, 6) is -0.239. The van der Waals surface area contributed by atoms with Gasteiger partial charge >= 0.3 is 0 Å². The van der Waals surface area contributed by atoms with E-state index in [0.717, 1.165) is 0 Å². The maximum atomic E-state index is 13.0. The fourth-order valence-corrected chi connectivity index (χ4v) is 2.41. The highest BCUT2D eigenvalue weighted by Crippen LogP contribution is 2.20. The van der Waals surface area contributed by atoms with E-state index in [0.29, 0.717) is 23.8 Å². The first-order valence-electron chi connectivity index (χ1n) is 8.65. The number of hydrogen-bond acceptors (Lipinski definition) is 7. The van der Waals surface area contributed by atoms with E-state index in [1.807, 2.05) is 0 Å². The lowest BCUT2D eigenvalue weighted by Gasteiger charge is -2.18. The van der Waals surface area contributed by atoms with E-state index in [4.69, 9.17) is 16.2 Å². The first-order valence-corrected chi connectivity index (χ1v) is 8.65. The number of benzene rings is 1. The van der Waals surface area contributed by atoms with Crippen molar-refractivity contribution in [3.63, 3.8) is 0 Å². The Hall–Kier alpha value is -3.95. The van der Waals surface area contributed by atoms with Crippen molar-refractivity contribution in [2.24, 2.45) is 11.5 Å². The number of nitrogens with one attached hydrogen (secondary N) is 2. The van der Waals surface area contributed by atoms with Crippen molar-refractivity contribution in [3.8, 4) is 5.75 Å². The number of ether oxygens (including phenoxy) is 1. The van der Waals surface area contributed by atoms with Crippen LogP contribution in [0.3, 0.4) is 0 Å². The van der Waals surface area contributed by atoms with Crippen molar-refractivity contribution in [1.29, 1.82) is 0 Å². The lowest BCUT2D eigenvalue weighted by Crippen LogP contribution is -2.33. The Labute approximate surface area is 165 Å². The van der Waals surface area contributed by atoms with Gasteiger partial charge in [0.15, 0.2) is 11.7 Å². The summed E-state index contributed by atoms with van der Waals surface area (Å²) in [7, 11) is 0. The second-order valence-corrected chi connectivity index (χ2v) is 6.23. The number of hydrogen-bond donors (Lipinski definition) is 4. The molecule has 29 heavy (non-hydrogen) atoms. The summed E-state index contributed by atoms with van der Waals surface area (Å²) in [5.41, 5.74) is 11.3. The van der Waals surface area contributed by atoms with Gasteiger partial charge in [0.2, 0.25) is 5.91 Å². The van der Waals surface area contributed by atoms with Crippen LogP contribution >= 0.6 is 0 Å². The molecule has 2 amide bonds. The van der Waals surface area contributed by atoms with E-state index in [1.165, 1.54) is 30.3 Å². The highest BCUT2D eigenvalue weighted by Gasteiger charge is 2.17. The van der Waals surface area contributed by atoms with Crippen LogP contribution < -0.4 is 26.8 Å². The molecule has 2 aromatic rings. The number of rotatable bonds is 7. The Balaban J connectivity index is 1.83. The number of primary amides is 2. The van der Waals surface area contributed by atoms with Gasteiger partial charge in [0.05, 0.1) is 0 Å². The van der Waals surface area contributed by atoms with Gasteiger partial charge in [0, 0.05) is 18.2 Å². The van der Waals surface area contributed by atoms with Crippen molar-refractivity contribution in [2.75, 3.05) is 11.9 Å². The molecule has 0 fully saturated rings. The van der Waals surface area contributed by atoms with Crippen LogP contribution in [0.2, 0.25) is 0 Å². The van der Waals surface area contributed by atoms with Crippen LogP contribution in [0.15, 0.2) is 48.4 Å². The first kappa shape index (κ1) is 19.8. The first-order chi connectivity index (χ1) is 13.8. The number of aromatic nitrogens is 2. The lowest BCUT2D eigenvalue weighted by molar-refractivity contribution is -0.118. The SMILES string of the molecule is C[C@H](Nc1cc(C(N)=O)nc(C2=CC=C(Oc3ccc(F)cc3)NC2)n1)C(N)=O. The number of amides is 2. The Morgan fingerprint density at radius 2 is 1.93 bits per heavy atom. The maximum Gasteiger partial charge on any atom is 0.267 e. The fourth-order valence-electron chi connectivity index (χ4n) is 2.41. The summed E-state index contributed by atoms with van der Waals surface area (Å²) < 4.78 is 18.6. The Morgan fingerprint density at radius 3 is 2.52 bits per heavy atom. The second-order valence-electron chi connectivity index (χ2n) is 6.23. The van der Waals surface area contributed by atoms with Gasteiger partial charge in [-0.1, -0.05) is 0 Å². The summed E-state index contributed by atoms with van der Waals surface area (Å²) in [6.07, 6.45) is 3.37. The van der Waals surface area contributed by atoms with Gasteiger partial charge in [0.25, 0.3) is 5.91 Å². The molecule has 9 nitrogen and oxygen atoms in total. The molecule has 0 saturated carbocycles. The third-order valence-electron chi connectivity index (χ3n) is 3.99. The van der Waals surface area contributed by atoms with Crippen molar-refractivity contribution in [2.45, 2.75) is 13.0 Å². The number of allylic oxidation sites excluding steroid dienone is 2. The largest absolute Gasteiger partial charge is 0.441 e. The molecule has 2 heterocycles. The van der Waals surface area contributed by atoms with Gasteiger partial charge in [-0.15, -0.1) is 0 Å². The molecular formula is C19H19FN6O3. The van der Waals surface area contributed by atoms with E-state index in [2.05, 4.69) is 20.6 Å². The molecule has 0 spiro atoms. The molecule has 1 atom stereocenters. The van der Waals surface area contributed by atoms with Crippen LogP contribution in [0.4, 0.5) is 10.2 Å². The maximum absolute atomic E-state index is 13.0. The van der Waals surface area contributed by atoms with Crippen LogP contribution in [-0.4, -0.2) is 34.4 Å².